The summed E-state index contributed by atoms with van der Waals surface area (Å²) in [4.78, 5) is 23.3. The number of rotatable bonds is 6. The van der Waals surface area contributed by atoms with Crippen LogP contribution in [0.25, 0.3) is 10.9 Å². The highest BCUT2D eigenvalue weighted by Gasteiger charge is 2.24. The molecule has 0 bridgehead atoms. The third-order valence-electron chi connectivity index (χ3n) is 7.03. The summed E-state index contributed by atoms with van der Waals surface area (Å²) in [5.41, 5.74) is 3.16. The summed E-state index contributed by atoms with van der Waals surface area (Å²) in [7, 11) is 0. The van der Waals surface area contributed by atoms with Crippen molar-refractivity contribution in [3.63, 3.8) is 0 Å². The van der Waals surface area contributed by atoms with Gasteiger partial charge in [-0.05, 0) is 80.7 Å². The molecule has 0 spiro atoms. The number of nitrogens with one attached hydrogen (secondary N) is 2. The molecule has 5 rings (SSSR count). The number of fused-ring (bicyclic) bond motifs is 1. The zero-order valence-electron chi connectivity index (χ0n) is 21.7. The Morgan fingerprint density at radius 1 is 1.18 bits per heavy atom. The van der Waals surface area contributed by atoms with Crippen LogP contribution in [0.2, 0.25) is 0 Å². The molecule has 6 nitrogen and oxygen atoms in total. The van der Waals surface area contributed by atoms with Gasteiger partial charge < -0.3 is 20.3 Å². The van der Waals surface area contributed by atoms with E-state index in [0.717, 1.165) is 36.8 Å². The Morgan fingerprint density at radius 2 is 1.97 bits per heavy atom. The number of hydrogen-bond donors (Lipinski definition) is 3. The molecule has 8 heteroatoms. The molecule has 1 unspecified atom stereocenters. The fourth-order valence-corrected chi connectivity index (χ4v) is 5.00. The molecule has 0 saturated carbocycles. The molecule has 3 heterocycles. The smallest absolute Gasteiger partial charge is 0.270 e. The molecule has 0 aliphatic carbocycles. The van der Waals surface area contributed by atoms with Gasteiger partial charge in [-0.15, -0.1) is 0 Å². The Balaban J connectivity index is 1.41. The Labute approximate surface area is 226 Å². The van der Waals surface area contributed by atoms with Crippen LogP contribution in [-0.2, 0) is 0 Å². The maximum atomic E-state index is 14.2. The molecule has 2 aromatic heterocycles. The molecule has 1 fully saturated rings. The number of aromatic nitrogens is 2. The summed E-state index contributed by atoms with van der Waals surface area (Å²) in [5, 5.41) is 14.4. The zero-order chi connectivity index (χ0) is 27.4. The number of piperidine rings is 1. The molecule has 2 aromatic carbocycles. The fraction of sp³-hybridized carbons (Fsp3) is 0.290. The Kier molecular flexibility index (Phi) is 7.89. The Bertz CT molecular complexity index is 1510. The highest BCUT2D eigenvalue weighted by Crippen LogP contribution is 2.32. The van der Waals surface area contributed by atoms with Crippen LogP contribution in [0.5, 0.6) is 5.75 Å². The minimum atomic E-state index is -0.855. The van der Waals surface area contributed by atoms with Crippen LogP contribution in [0, 0.1) is 30.5 Å². The second-order valence-electron chi connectivity index (χ2n) is 9.88. The second kappa shape index (κ2) is 11.7. The number of likely N-dealkylation sites (tertiary alicyclic amines) is 1. The van der Waals surface area contributed by atoms with Crippen LogP contribution in [0.4, 0.5) is 8.78 Å². The van der Waals surface area contributed by atoms with Crippen molar-refractivity contribution in [3.05, 3.63) is 94.7 Å². The van der Waals surface area contributed by atoms with E-state index in [2.05, 4.69) is 32.0 Å². The van der Waals surface area contributed by atoms with Gasteiger partial charge in [0, 0.05) is 40.5 Å². The quantitative estimate of drug-likeness (QED) is 0.298. The minimum Gasteiger partial charge on any atom is -0.508 e. The van der Waals surface area contributed by atoms with Gasteiger partial charge in [0.2, 0.25) is 0 Å². The number of carbonyl (C=O) groups is 1. The number of hydrogen-bond acceptors (Lipinski definition) is 4. The number of aromatic amines is 1. The van der Waals surface area contributed by atoms with E-state index in [0.29, 0.717) is 23.5 Å². The van der Waals surface area contributed by atoms with Gasteiger partial charge in [0.1, 0.15) is 23.9 Å². The number of amides is 1. The first-order valence-electron chi connectivity index (χ1n) is 13.0. The van der Waals surface area contributed by atoms with Crippen molar-refractivity contribution in [2.75, 3.05) is 26.3 Å². The Morgan fingerprint density at radius 3 is 2.74 bits per heavy atom. The predicted octanol–water partition coefficient (Wildman–Crippen LogP) is 5.27. The number of aromatic hydroxyl groups is 1. The van der Waals surface area contributed by atoms with Crippen molar-refractivity contribution in [2.24, 2.45) is 5.92 Å². The fourth-order valence-electron chi connectivity index (χ4n) is 5.00. The van der Waals surface area contributed by atoms with Crippen LogP contribution in [0.3, 0.4) is 0 Å². The van der Waals surface area contributed by atoms with Crippen LogP contribution in [-0.4, -0.2) is 52.2 Å². The number of phenolic OH excluding ortho intramolecular Hbond substituents is 1. The summed E-state index contributed by atoms with van der Waals surface area (Å²) in [6, 6.07) is 15.8. The molecule has 39 heavy (non-hydrogen) atoms. The average Bonchev–Trinajstić information content (AvgIpc) is 3.37. The molecule has 1 atom stereocenters. The van der Waals surface area contributed by atoms with Gasteiger partial charge in [0.05, 0.1) is 6.04 Å². The van der Waals surface area contributed by atoms with Crippen LogP contribution >= 0.6 is 0 Å². The van der Waals surface area contributed by atoms with Crippen molar-refractivity contribution in [2.45, 2.75) is 25.8 Å². The highest BCUT2D eigenvalue weighted by molar-refractivity contribution is 5.93. The van der Waals surface area contributed by atoms with Crippen molar-refractivity contribution < 1.29 is 18.7 Å². The number of nitrogens with zero attached hydrogens (tertiary/aromatic N) is 2. The molecular weight excluding hydrogens is 498 g/mol. The number of halogens is 2. The van der Waals surface area contributed by atoms with Gasteiger partial charge in [-0.25, -0.2) is 13.8 Å². The van der Waals surface area contributed by atoms with Crippen molar-refractivity contribution in [1.82, 2.24) is 20.2 Å². The lowest BCUT2D eigenvalue weighted by Gasteiger charge is -2.28. The van der Waals surface area contributed by atoms with E-state index < -0.39 is 17.8 Å². The summed E-state index contributed by atoms with van der Waals surface area (Å²) in [5.74, 6) is 5.57. The predicted molar refractivity (Wildman–Crippen MR) is 147 cm³/mol. The molecule has 1 aliphatic heterocycles. The second-order valence-corrected chi connectivity index (χ2v) is 9.88. The highest BCUT2D eigenvalue weighted by atomic mass is 19.1. The van der Waals surface area contributed by atoms with E-state index in [-0.39, 0.29) is 29.6 Å². The summed E-state index contributed by atoms with van der Waals surface area (Å²) < 4.78 is 26.8. The number of phenols is 1. The standard InChI is InChI=1S/C31H30F2N4O2/c1-20-16-22(7-6-21-10-13-37(14-11-21)15-12-32)17-28(34-20)31(39)36-30(25-19-24(33)8-9-29(25)38)27-18-23-4-2-3-5-26(23)35-27/h2-5,8-9,16-19,21,30,35,38H,10-15H2,1H3,(H,36,39). The van der Waals surface area contributed by atoms with Gasteiger partial charge in [-0.2, -0.15) is 0 Å². The van der Waals surface area contributed by atoms with E-state index in [9.17, 15) is 18.7 Å². The SMILES string of the molecule is Cc1cc(C#CC2CCN(CCF)CC2)cc(C(=O)NC(c2cc3ccccc3[nH]2)c2cc(F)ccc2O)n1. The molecule has 1 amide bonds. The molecule has 1 saturated heterocycles. The number of aryl methyl sites for hydroxylation is 1. The maximum Gasteiger partial charge on any atom is 0.270 e. The largest absolute Gasteiger partial charge is 0.508 e. The monoisotopic (exact) mass is 528 g/mol. The molecule has 1 aliphatic rings. The van der Waals surface area contributed by atoms with Gasteiger partial charge >= 0.3 is 0 Å². The van der Waals surface area contributed by atoms with Gasteiger partial charge in [0.15, 0.2) is 0 Å². The van der Waals surface area contributed by atoms with Crippen molar-refractivity contribution in [3.8, 4) is 17.6 Å². The van der Waals surface area contributed by atoms with E-state index in [4.69, 9.17) is 0 Å². The number of para-hydroxylation sites is 1. The van der Waals surface area contributed by atoms with Crippen LogP contribution < -0.4 is 5.32 Å². The van der Waals surface area contributed by atoms with Crippen LogP contribution in [0.1, 0.15) is 51.9 Å². The van der Waals surface area contributed by atoms with Crippen molar-refractivity contribution >= 4 is 16.8 Å². The first-order chi connectivity index (χ1) is 18.9. The third kappa shape index (κ3) is 6.27. The zero-order valence-corrected chi connectivity index (χ0v) is 21.7. The molecule has 4 aromatic rings. The number of pyridine rings is 1. The van der Waals surface area contributed by atoms with E-state index in [1.165, 1.54) is 18.2 Å². The van der Waals surface area contributed by atoms with E-state index in [1.807, 2.05) is 36.4 Å². The topological polar surface area (TPSA) is 81.2 Å². The average molecular weight is 529 g/mol. The minimum absolute atomic E-state index is 0.137. The molecule has 200 valence electrons. The normalized spacial score (nSPS) is 15.1. The summed E-state index contributed by atoms with van der Waals surface area (Å²) in [6.45, 7) is 3.58. The maximum absolute atomic E-state index is 14.2. The molecular formula is C31H30F2N4O2. The molecule has 0 radical (unpaired) electrons. The van der Waals surface area contributed by atoms with Gasteiger partial charge in [0.25, 0.3) is 5.91 Å². The Hall–Kier alpha value is -4.22. The number of alkyl halides is 1. The summed E-state index contributed by atoms with van der Waals surface area (Å²) >= 11 is 0. The first-order valence-corrected chi connectivity index (χ1v) is 13.0. The number of carbonyl (C=O) groups excluding carboxylic acids is 1. The lowest BCUT2D eigenvalue weighted by molar-refractivity contribution is 0.0936. The lowest BCUT2D eigenvalue weighted by Crippen LogP contribution is -2.34. The molecule has 3 N–H and O–H groups in total. The third-order valence-corrected chi connectivity index (χ3v) is 7.03. The van der Waals surface area contributed by atoms with Crippen LogP contribution in [0.15, 0.2) is 60.7 Å². The number of benzene rings is 2. The van der Waals surface area contributed by atoms with Gasteiger partial charge in [-0.3, -0.25) is 4.79 Å². The number of H-pyrrole nitrogens is 1. The lowest BCUT2D eigenvalue weighted by atomic mass is 9.97. The van der Waals surface area contributed by atoms with E-state index >= 15 is 0 Å². The van der Waals surface area contributed by atoms with E-state index in [1.54, 1.807) is 13.0 Å². The summed E-state index contributed by atoms with van der Waals surface area (Å²) in [6.07, 6.45) is 1.77. The van der Waals surface area contributed by atoms with Crippen molar-refractivity contribution in [1.29, 1.82) is 0 Å². The van der Waals surface area contributed by atoms with Gasteiger partial charge in [-0.1, -0.05) is 30.0 Å². The first kappa shape index (κ1) is 26.4.